The molecule has 23 heavy (non-hydrogen) atoms. The van der Waals surface area contributed by atoms with Crippen LogP contribution in [0, 0.1) is 0 Å². The standard InChI is InChI=1S/C20H21NO2/c1-2-9-21-12-14-5-3-4-6-15(14)20-16-11-19(23)18(22)10-13(16)7-8-17(20)21/h2-6,10-11,17,20,22-23H,1,7-9,12H2/t17-,20-/m1/s1. The lowest BCUT2D eigenvalue weighted by Gasteiger charge is -2.45. The zero-order valence-corrected chi connectivity index (χ0v) is 13.1. The van der Waals surface area contributed by atoms with E-state index >= 15 is 0 Å². The fraction of sp³-hybridized carbons (Fsp3) is 0.300. The predicted molar refractivity (Wildman–Crippen MR) is 90.8 cm³/mol. The smallest absolute Gasteiger partial charge is 0.157 e. The zero-order valence-electron chi connectivity index (χ0n) is 13.1. The minimum Gasteiger partial charge on any atom is -0.504 e. The second-order valence-corrected chi connectivity index (χ2v) is 6.54. The van der Waals surface area contributed by atoms with Gasteiger partial charge in [-0.1, -0.05) is 30.3 Å². The minimum atomic E-state index is -0.0253. The third-order valence-electron chi connectivity index (χ3n) is 5.26. The number of benzene rings is 2. The van der Waals surface area contributed by atoms with Gasteiger partial charge in [-0.3, -0.25) is 4.90 Å². The van der Waals surface area contributed by atoms with E-state index in [4.69, 9.17) is 0 Å². The van der Waals surface area contributed by atoms with Crippen molar-refractivity contribution >= 4 is 0 Å². The molecule has 2 aromatic rings. The lowest BCUT2D eigenvalue weighted by atomic mass is 9.71. The molecule has 0 radical (unpaired) electrons. The summed E-state index contributed by atoms with van der Waals surface area (Å²) in [5.74, 6) is 0.201. The Morgan fingerprint density at radius 1 is 1.09 bits per heavy atom. The summed E-state index contributed by atoms with van der Waals surface area (Å²) in [4.78, 5) is 2.48. The highest BCUT2D eigenvalue weighted by atomic mass is 16.3. The van der Waals surface area contributed by atoms with Gasteiger partial charge in [0.05, 0.1) is 0 Å². The van der Waals surface area contributed by atoms with E-state index in [1.165, 1.54) is 11.1 Å². The normalized spacial score (nSPS) is 22.8. The molecule has 0 fully saturated rings. The van der Waals surface area contributed by atoms with Crippen LogP contribution in [0.2, 0.25) is 0 Å². The maximum atomic E-state index is 10.0. The lowest BCUT2D eigenvalue weighted by molar-refractivity contribution is 0.158. The number of hydrogen-bond donors (Lipinski definition) is 2. The number of rotatable bonds is 2. The van der Waals surface area contributed by atoms with Crippen LogP contribution < -0.4 is 0 Å². The average molecular weight is 307 g/mol. The Balaban J connectivity index is 1.89. The number of phenols is 2. The molecule has 0 amide bonds. The third kappa shape index (κ3) is 2.23. The van der Waals surface area contributed by atoms with E-state index in [-0.39, 0.29) is 17.4 Å². The van der Waals surface area contributed by atoms with Crippen molar-refractivity contribution in [2.24, 2.45) is 0 Å². The van der Waals surface area contributed by atoms with Crippen molar-refractivity contribution in [3.05, 3.63) is 71.3 Å². The van der Waals surface area contributed by atoms with Crippen LogP contribution in [0.5, 0.6) is 11.5 Å². The lowest BCUT2D eigenvalue weighted by Crippen LogP contribution is -2.46. The molecule has 2 aromatic carbocycles. The molecule has 0 unspecified atom stereocenters. The molecule has 3 heteroatoms. The van der Waals surface area contributed by atoms with Gasteiger partial charge < -0.3 is 10.2 Å². The number of phenolic OH excluding ortho intramolecular Hbond substituents is 2. The van der Waals surface area contributed by atoms with Crippen molar-refractivity contribution in [1.29, 1.82) is 0 Å². The molecule has 2 atom stereocenters. The zero-order chi connectivity index (χ0) is 16.0. The van der Waals surface area contributed by atoms with Crippen LogP contribution in [0.15, 0.2) is 49.1 Å². The van der Waals surface area contributed by atoms with E-state index < -0.39 is 0 Å². The fourth-order valence-corrected chi connectivity index (χ4v) is 4.27. The Hall–Kier alpha value is -2.26. The van der Waals surface area contributed by atoms with Gasteiger partial charge in [-0.15, -0.1) is 6.58 Å². The van der Waals surface area contributed by atoms with Crippen molar-refractivity contribution < 1.29 is 10.2 Å². The van der Waals surface area contributed by atoms with E-state index in [0.29, 0.717) is 6.04 Å². The van der Waals surface area contributed by atoms with Crippen molar-refractivity contribution in [3.63, 3.8) is 0 Å². The summed E-state index contributed by atoms with van der Waals surface area (Å²) in [5.41, 5.74) is 4.99. The third-order valence-corrected chi connectivity index (χ3v) is 5.26. The van der Waals surface area contributed by atoms with Gasteiger partial charge in [0.15, 0.2) is 11.5 Å². The minimum absolute atomic E-state index is 0.0192. The van der Waals surface area contributed by atoms with Gasteiger partial charge in [-0.2, -0.15) is 0 Å². The summed E-state index contributed by atoms with van der Waals surface area (Å²) >= 11 is 0. The highest BCUT2D eigenvalue weighted by Crippen LogP contribution is 2.46. The SMILES string of the molecule is C=CCN1Cc2ccccc2[C@@H]2c3cc(O)c(O)cc3CC[C@H]21. The Morgan fingerprint density at radius 2 is 1.87 bits per heavy atom. The van der Waals surface area contributed by atoms with Gasteiger partial charge in [0.25, 0.3) is 0 Å². The first kappa shape index (κ1) is 14.3. The summed E-state index contributed by atoms with van der Waals surface area (Å²) in [6.45, 7) is 5.72. The molecule has 0 saturated carbocycles. The van der Waals surface area contributed by atoms with Crippen LogP contribution in [-0.4, -0.2) is 27.7 Å². The molecular weight excluding hydrogens is 286 g/mol. The van der Waals surface area contributed by atoms with Crippen molar-refractivity contribution in [2.45, 2.75) is 31.3 Å². The molecule has 0 saturated heterocycles. The van der Waals surface area contributed by atoms with Crippen LogP contribution in [0.4, 0.5) is 0 Å². The molecule has 2 aliphatic rings. The predicted octanol–water partition coefficient (Wildman–Crippen LogP) is 3.55. The maximum absolute atomic E-state index is 10.0. The van der Waals surface area contributed by atoms with E-state index in [2.05, 4.69) is 35.7 Å². The second-order valence-electron chi connectivity index (χ2n) is 6.54. The first-order chi connectivity index (χ1) is 11.2. The molecule has 4 rings (SSSR count). The van der Waals surface area contributed by atoms with E-state index in [0.717, 1.165) is 37.1 Å². The van der Waals surface area contributed by atoms with Crippen molar-refractivity contribution in [1.82, 2.24) is 4.90 Å². The second kappa shape index (κ2) is 5.43. The Bertz CT molecular complexity index is 768. The summed E-state index contributed by atoms with van der Waals surface area (Å²) in [5, 5.41) is 19.8. The molecule has 2 N–H and O–H groups in total. The quantitative estimate of drug-likeness (QED) is 0.659. The Morgan fingerprint density at radius 3 is 2.70 bits per heavy atom. The van der Waals surface area contributed by atoms with Crippen LogP contribution >= 0.6 is 0 Å². The van der Waals surface area contributed by atoms with Gasteiger partial charge in [-0.25, -0.2) is 0 Å². The van der Waals surface area contributed by atoms with Crippen LogP contribution in [0.25, 0.3) is 0 Å². The number of aryl methyl sites for hydroxylation is 1. The van der Waals surface area contributed by atoms with Gasteiger partial charge in [0.2, 0.25) is 0 Å². The maximum Gasteiger partial charge on any atom is 0.157 e. The largest absolute Gasteiger partial charge is 0.504 e. The van der Waals surface area contributed by atoms with Gasteiger partial charge >= 0.3 is 0 Å². The molecule has 0 bridgehead atoms. The molecule has 1 aliphatic carbocycles. The number of hydrogen-bond acceptors (Lipinski definition) is 3. The first-order valence-electron chi connectivity index (χ1n) is 8.16. The molecule has 0 aromatic heterocycles. The average Bonchev–Trinajstić information content (AvgIpc) is 2.56. The molecular formula is C20H21NO2. The van der Waals surface area contributed by atoms with Crippen LogP contribution in [-0.2, 0) is 13.0 Å². The Kier molecular flexibility index (Phi) is 3.38. The van der Waals surface area contributed by atoms with E-state index in [1.807, 2.05) is 6.08 Å². The van der Waals surface area contributed by atoms with Crippen molar-refractivity contribution in [3.8, 4) is 11.5 Å². The molecule has 1 aliphatic heterocycles. The van der Waals surface area contributed by atoms with Gasteiger partial charge in [0, 0.05) is 25.0 Å². The number of aromatic hydroxyl groups is 2. The number of nitrogens with zero attached hydrogens (tertiary/aromatic N) is 1. The Labute approximate surface area is 136 Å². The molecule has 118 valence electrons. The van der Waals surface area contributed by atoms with Gasteiger partial charge in [-0.05, 0) is 47.2 Å². The molecule has 3 nitrogen and oxygen atoms in total. The molecule has 0 spiro atoms. The molecule has 1 heterocycles. The summed E-state index contributed by atoms with van der Waals surface area (Å²) < 4.78 is 0. The van der Waals surface area contributed by atoms with Crippen LogP contribution in [0.3, 0.4) is 0 Å². The van der Waals surface area contributed by atoms with Gasteiger partial charge in [0.1, 0.15) is 0 Å². The fourth-order valence-electron chi connectivity index (χ4n) is 4.27. The van der Waals surface area contributed by atoms with E-state index in [9.17, 15) is 10.2 Å². The summed E-state index contributed by atoms with van der Waals surface area (Å²) in [6.07, 6.45) is 3.96. The topological polar surface area (TPSA) is 43.7 Å². The monoisotopic (exact) mass is 307 g/mol. The highest BCUT2D eigenvalue weighted by Gasteiger charge is 2.39. The highest BCUT2D eigenvalue weighted by molar-refractivity contribution is 5.53. The van der Waals surface area contributed by atoms with E-state index in [1.54, 1.807) is 12.1 Å². The van der Waals surface area contributed by atoms with Crippen molar-refractivity contribution in [2.75, 3.05) is 6.54 Å². The summed E-state index contributed by atoms with van der Waals surface area (Å²) in [7, 11) is 0. The number of fused-ring (bicyclic) bond motifs is 5. The first-order valence-corrected chi connectivity index (χ1v) is 8.16. The van der Waals surface area contributed by atoms with Crippen LogP contribution in [0.1, 0.15) is 34.6 Å². The summed E-state index contributed by atoms with van der Waals surface area (Å²) in [6, 6.07) is 12.5.